The molecular formula is C35H40Cl2N6O3. The normalized spacial score (nSPS) is 22.3. The van der Waals surface area contributed by atoms with Gasteiger partial charge in [-0.05, 0) is 93.0 Å². The average Bonchev–Trinajstić information content (AvgIpc) is 3.31. The number of amides is 2. The third-order valence-electron chi connectivity index (χ3n) is 10.3. The molecule has 1 saturated heterocycles. The molecule has 2 atom stereocenters. The van der Waals surface area contributed by atoms with Gasteiger partial charge in [0.05, 0.1) is 33.0 Å². The summed E-state index contributed by atoms with van der Waals surface area (Å²) < 4.78 is 7.21. The number of hydrogen-bond donors (Lipinski definition) is 2. The van der Waals surface area contributed by atoms with Gasteiger partial charge in [0.15, 0.2) is 0 Å². The Kier molecular flexibility index (Phi) is 8.26. The van der Waals surface area contributed by atoms with Gasteiger partial charge in [0.25, 0.3) is 11.8 Å². The number of aryl methyl sites for hydroxylation is 3. The molecule has 3 heterocycles. The van der Waals surface area contributed by atoms with Gasteiger partial charge in [0.2, 0.25) is 0 Å². The molecular weight excluding hydrogens is 623 g/mol. The highest BCUT2D eigenvalue weighted by Crippen LogP contribution is 2.47. The highest BCUT2D eigenvalue weighted by atomic mass is 35.5. The Morgan fingerprint density at radius 3 is 2.48 bits per heavy atom. The van der Waals surface area contributed by atoms with Crippen LogP contribution in [0.3, 0.4) is 0 Å². The Morgan fingerprint density at radius 2 is 1.78 bits per heavy atom. The Hall–Kier alpha value is -3.56. The van der Waals surface area contributed by atoms with Gasteiger partial charge in [-0.2, -0.15) is 0 Å². The standard InChI is InChI=1S/C35H40Cl2N6O3/c1-18-5-8-24(9-6-18)39-34(44)26-12-28-30(14-29(26)43-16-22-11-23(22)17-43)42(4)31(40-28)13-25-27(36)10-7-21(33(25)37)15-38-35(45)32-19(2)41-46-20(32)3/h7,10,12,14,18,22-24H,5-6,8-9,11,13,15-17H2,1-4H3,(H,38,45)(H,39,44). The molecule has 1 aliphatic heterocycles. The number of rotatable bonds is 8. The second-order valence-corrected chi connectivity index (χ2v) is 14.4. The summed E-state index contributed by atoms with van der Waals surface area (Å²) in [5.74, 6) is 3.15. The SMILES string of the molecule is Cc1noc(C)c1C(=O)NCc1ccc(Cl)c(Cc2nc3cc(C(=O)NC4CCC(C)CC4)c(N4CC5CC5C4)cc3n2C)c1Cl. The van der Waals surface area contributed by atoms with Crippen LogP contribution in [0.4, 0.5) is 5.69 Å². The number of aromatic nitrogens is 3. The molecule has 2 N–H and O–H groups in total. The first-order valence-corrected chi connectivity index (χ1v) is 17.0. The van der Waals surface area contributed by atoms with Gasteiger partial charge in [0, 0.05) is 44.2 Å². The summed E-state index contributed by atoms with van der Waals surface area (Å²) >= 11 is 13.6. The molecule has 2 aromatic carbocycles. The summed E-state index contributed by atoms with van der Waals surface area (Å²) in [6, 6.07) is 7.93. The van der Waals surface area contributed by atoms with E-state index in [2.05, 4.69) is 38.2 Å². The van der Waals surface area contributed by atoms with E-state index in [0.29, 0.717) is 39.0 Å². The minimum atomic E-state index is -0.275. The lowest BCUT2D eigenvalue weighted by Crippen LogP contribution is -2.38. The van der Waals surface area contributed by atoms with Gasteiger partial charge in [-0.1, -0.05) is 41.3 Å². The average molecular weight is 664 g/mol. The summed E-state index contributed by atoms with van der Waals surface area (Å²) in [6.45, 7) is 7.94. The van der Waals surface area contributed by atoms with Crippen molar-refractivity contribution >= 4 is 51.7 Å². The molecule has 9 nitrogen and oxygen atoms in total. The van der Waals surface area contributed by atoms with Crippen LogP contribution in [0.15, 0.2) is 28.8 Å². The van der Waals surface area contributed by atoms with Crippen LogP contribution >= 0.6 is 23.2 Å². The third-order valence-corrected chi connectivity index (χ3v) is 11.1. The van der Waals surface area contributed by atoms with E-state index >= 15 is 0 Å². The van der Waals surface area contributed by atoms with Gasteiger partial charge in [-0.15, -0.1) is 0 Å². The van der Waals surface area contributed by atoms with Gasteiger partial charge in [-0.25, -0.2) is 4.98 Å². The molecule has 2 unspecified atom stereocenters. The van der Waals surface area contributed by atoms with Crippen LogP contribution in [0, 0.1) is 31.6 Å². The molecule has 2 saturated carbocycles. The molecule has 0 bridgehead atoms. The van der Waals surface area contributed by atoms with Crippen molar-refractivity contribution in [1.29, 1.82) is 0 Å². The second kappa shape index (κ2) is 12.2. The first-order valence-electron chi connectivity index (χ1n) is 16.3. The number of imidazole rings is 1. The van der Waals surface area contributed by atoms with Gasteiger partial charge >= 0.3 is 0 Å². The van der Waals surface area contributed by atoms with Crippen LogP contribution in [0.2, 0.25) is 10.0 Å². The van der Waals surface area contributed by atoms with Crippen molar-refractivity contribution in [1.82, 2.24) is 25.3 Å². The van der Waals surface area contributed by atoms with Crippen LogP contribution in [-0.4, -0.2) is 45.7 Å². The minimum Gasteiger partial charge on any atom is -0.370 e. The van der Waals surface area contributed by atoms with E-state index in [1.54, 1.807) is 19.9 Å². The van der Waals surface area contributed by atoms with E-state index in [0.717, 1.165) is 90.2 Å². The summed E-state index contributed by atoms with van der Waals surface area (Å²) in [7, 11) is 1.99. The quantitative estimate of drug-likeness (QED) is 0.216. The molecule has 11 heteroatoms. The zero-order chi connectivity index (χ0) is 32.3. The molecule has 3 fully saturated rings. The Balaban J connectivity index is 1.16. The number of carbonyl (C=O) groups excluding carboxylic acids is 2. The van der Waals surface area contributed by atoms with Crippen LogP contribution < -0.4 is 15.5 Å². The first kappa shape index (κ1) is 31.1. The van der Waals surface area contributed by atoms with Crippen LogP contribution in [0.5, 0.6) is 0 Å². The summed E-state index contributed by atoms with van der Waals surface area (Å²) in [5, 5.41) is 11.2. The van der Waals surface area contributed by atoms with Gasteiger partial charge in [0.1, 0.15) is 17.1 Å². The fourth-order valence-electron chi connectivity index (χ4n) is 7.32. The van der Waals surface area contributed by atoms with E-state index < -0.39 is 0 Å². The molecule has 2 aromatic heterocycles. The third kappa shape index (κ3) is 5.88. The number of halogens is 2. The zero-order valence-electron chi connectivity index (χ0n) is 26.8. The number of anilines is 1. The van der Waals surface area contributed by atoms with Crippen molar-refractivity contribution < 1.29 is 14.1 Å². The molecule has 242 valence electrons. The highest BCUT2D eigenvalue weighted by Gasteiger charge is 2.46. The number of benzene rings is 2. The van der Waals surface area contributed by atoms with Crippen molar-refractivity contribution in [2.45, 2.75) is 71.9 Å². The molecule has 0 radical (unpaired) electrons. The number of fused-ring (bicyclic) bond motifs is 2. The fourth-order valence-corrected chi connectivity index (χ4v) is 7.89. The molecule has 46 heavy (non-hydrogen) atoms. The lowest BCUT2D eigenvalue weighted by molar-refractivity contribution is 0.0921. The van der Waals surface area contributed by atoms with Gasteiger partial charge < -0.3 is 24.6 Å². The maximum atomic E-state index is 13.8. The van der Waals surface area contributed by atoms with E-state index in [-0.39, 0.29) is 24.4 Å². The summed E-state index contributed by atoms with van der Waals surface area (Å²) in [5.41, 5.74) is 5.85. The topological polar surface area (TPSA) is 105 Å². The van der Waals surface area contributed by atoms with Crippen molar-refractivity contribution in [2.75, 3.05) is 18.0 Å². The number of nitrogens with one attached hydrogen (secondary N) is 2. The van der Waals surface area contributed by atoms with Crippen LogP contribution in [-0.2, 0) is 20.0 Å². The zero-order valence-corrected chi connectivity index (χ0v) is 28.3. The molecule has 7 rings (SSSR count). The molecule has 2 amide bonds. The monoisotopic (exact) mass is 662 g/mol. The number of nitrogens with zero attached hydrogens (tertiary/aromatic N) is 4. The maximum absolute atomic E-state index is 13.8. The van der Waals surface area contributed by atoms with Crippen LogP contribution in [0.1, 0.15) is 88.1 Å². The molecule has 2 aliphatic carbocycles. The summed E-state index contributed by atoms with van der Waals surface area (Å²) in [6.07, 6.45) is 6.03. The molecule has 3 aliphatic rings. The van der Waals surface area contributed by atoms with Crippen molar-refractivity contribution in [3.8, 4) is 0 Å². The summed E-state index contributed by atoms with van der Waals surface area (Å²) in [4.78, 5) is 34.0. The van der Waals surface area contributed by atoms with Crippen molar-refractivity contribution in [3.63, 3.8) is 0 Å². The lowest BCUT2D eigenvalue weighted by Gasteiger charge is -2.28. The largest absolute Gasteiger partial charge is 0.370 e. The van der Waals surface area contributed by atoms with Gasteiger partial charge in [-0.3, -0.25) is 9.59 Å². The molecule has 0 spiro atoms. The Bertz CT molecular complexity index is 1810. The highest BCUT2D eigenvalue weighted by molar-refractivity contribution is 6.36. The minimum absolute atomic E-state index is 0.0124. The number of carbonyl (C=O) groups is 2. The van der Waals surface area contributed by atoms with E-state index in [4.69, 9.17) is 32.7 Å². The predicted octanol–water partition coefficient (Wildman–Crippen LogP) is 6.77. The van der Waals surface area contributed by atoms with Crippen molar-refractivity contribution in [3.05, 3.63) is 73.8 Å². The first-order chi connectivity index (χ1) is 22.1. The number of piperidine rings is 1. The Morgan fingerprint density at radius 1 is 1.04 bits per heavy atom. The maximum Gasteiger partial charge on any atom is 0.257 e. The van der Waals surface area contributed by atoms with E-state index in [1.165, 1.54) is 6.42 Å². The fraction of sp³-hybridized carbons (Fsp3) is 0.486. The lowest BCUT2D eigenvalue weighted by atomic mass is 9.87. The number of hydrogen-bond acceptors (Lipinski definition) is 6. The predicted molar refractivity (Wildman–Crippen MR) is 180 cm³/mol. The van der Waals surface area contributed by atoms with Crippen molar-refractivity contribution in [2.24, 2.45) is 24.8 Å². The van der Waals surface area contributed by atoms with Crippen LogP contribution in [0.25, 0.3) is 11.0 Å². The second-order valence-electron chi connectivity index (χ2n) is 13.6. The Labute approximate surface area is 279 Å². The smallest absolute Gasteiger partial charge is 0.257 e. The van der Waals surface area contributed by atoms with E-state index in [9.17, 15) is 9.59 Å². The molecule has 4 aromatic rings. The van der Waals surface area contributed by atoms with E-state index in [1.807, 2.05) is 19.2 Å².